The Morgan fingerprint density at radius 2 is 2.11 bits per heavy atom. The van der Waals surface area contributed by atoms with Gasteiger partial charge >= 0.3 is 0 Å². The first kappa shape index (κ1) is 14.8. The molecular formula is C14H24N2O2. The number of benzene rings is 1. The van der Waals surface area contributed by atoms with E-state index in [0.717, 1.165) is 25.2 Å². The number of aromatic hydroxyl groups is 1. The summed E-state index contributed by atoms with van der Waals surface area (Å²) in [6.07, 6.45) is 0. The van der Waals surface area contributed by atoms with E-state index in [4.69, 9.17) is 4.74 Å². The van der Waals surface area contributed by atoms with Crippen LogP contribution in [0.5, 0.6) is 11.5 Å². The molecule has 0 aliphatic heterocycles. The highest BCUT2D eigenvalue weighted by atomic mass is 16.5. The average Bonchev–Trinajstić information content (AvgIpc) is 2.38. The molecule has 0 radical (unpaired) electrons. The van der Waals surface area contributed by atoms with Gasteiger partial charge in [0.25, 0.3) is 0 Å². The molecule has 0 saturated carbocycles. The molecule has 102 valence electrons. The molecule has 0 saturated heterocycles. The van der Waals surface area contributed by atoms with Gasteiger partial charge in [0.05, 0.1) is 6.61 Å². The molecule has 18 heavy (non-hydrogen) atoms. The van der Waals surface area contributed by atoms with Crippen LogP contribution in [0.1, 0.15) is 19.4 Å². The topological polar surface area (TPSA) is 44.7 Å². The standard InChI is InChI=1S/C14H24N2O2/c1-4-16(3)10-9-15-11-12-7-6-8-13(14(12)17)18-5-2/h6-8,15,17H,4-5,9-11H2,1-3H3. The second-order valence-electron chi connectivity index (χ2n) is 4.27. The van der Waals surface area contributed by atoms with Crippen molar-refractivity contribution in [2.75, 3.05) is 33.3 Å². The van der Waals surface area contributed by atoms with Crippen molar-refractivity contribution >= 4 is 0 Å². The van der Waals surface area contributed by atoms with E-state index < -0.39 is 0 Å². The molecule has 2 N–H and O–H groups in total. The number of ether oxygens (including phenoxy) is 1. The lowest BCUT2D eigenvalue weighted by Gasteiger charge is -2.15. The molecule has 1 aromatic carbocycles. The van der Waals surface area contributed by atoms with Gasteiger partial charge in [-0.15, -0.1) is 0 Å². The number of nitrogens with zero attached hydrogens (tertiary/aromatic N) is 1. The molecule has 0 aliphatic carbocycles. The Balaban J connectivity index is 2.44. The molecule has 0 amide bonds. The van der Waals surface area contributed by atoms with Crippen LogP contribution in [-0.2, 0) is 6.54 Å². The predicted octanol–water partition coefficient (Wildman–Crippen LogP) is 1.83. The van der Waals surface area contributed by atoms with Crippen LogP contribution in [0, 0.1) is 0 Å². The number of likely N-dealkylation sites (N-methyl/N-ethyl adjacent to an activating group) is 1. The summed E-state index contributed by atoms with van der Waals surface area (Å²) in [4.78, 5) is 2.24. The van der Waals surface area contributed by atoms with Gasteiger partial charge in [-0.1, -0.05) is 19.1 Å². The third-order valence-electron chi connectivity index (χ3n) is 2.91. The Morgan fingerprint density at radius 1 is 1.33 bits per heavy atom. The van der Waals surface area contributed by atoms with E-state index in [1.54, 1.807) is 6.07 Å². The average molecular weight is 252 g/mol. The van der Waals surface area contributed by atoms with Gasteiger partial charge in [0.15, 0.2) is 11.5 Å². The van der Waals surface area contributed by atoms with Crippen molar-refractivity contribution < 1.29 is 9.84 Å². The van der Waals surface area contributed by atoms with Crippen molar-refractivity contribution in [1.82, 2.24) is 10.2 Å². The van der Waals surface area contributed by atoms with Gasteiger partial charge in [0, 0.05) is 25.2 Å². The van der Waals surface area contributed by atoms with Gasteiger partial charge in [-0.25, -0.2) is 0 Å². The Morgan fingerprint density at radius 3 is 2.78 bits per heavy atom. The second-order valence-corrected chi connectivity index (χ2v) is 4.27. The Hall–Kier alpha value is -1.26. The van der Waals surface area contributed by atoms with Crippen molar-refractivity contribution in [2.45, 2.75) is 20.4 Å². The molecule has 0 heterocycles. The lowest BCUT2D eigenvalue weighted by molar-refractivity contribution is 0.315. The van der Waals surface area contributed by atoms with E-state index in [1.165, 1.54) is 0 Å². The number of nitrogens with one attached hydrogen (secondary N) is 1. The largest absolute Gasteiger partial charge is 0.504 e. The van der Waals surface area contributed by atoms with Crippen LogP contribution in [0.3, 0.4) is 0 Å². The highest BCUT2D eigenvalue weighted by molar-refractivity contribution is 5.45. The smallest absolute Gasteiger partial charge is 0.162 e. The predicted molar refractivity (Wildman–Crippen MR) is 74.2 cm³/mol. The second kappa shape index (κ2) is 7.95. The van der Waals surface area contributed by atoms with Crippen LogP contribution in [0.4, 0.5) is 0 Å². The summed E-state index contributed by atoms with van der Waals surface area (Å²) >= 11 is 0. The maximum absolute atomic E-state index is 10.00. The van der Waals surface area contributed by atoms with Crippen LogP contribution in [0.25, 0.3) is 0 Å². The molecule has 0 atom stereocenters. The summed E-state index contributed by atoms with van der Waals surface area (Å²) in [5, 5.41) is 13.3. The van der Waals surface area contributed by atoms with Crippen LogP contribution < -0.4 is 10.1 Å². The normalized spacial score (nSPS) is 10.9. The summed E-state index contributed by atoms with van der Waals surface area (Å²) in [5.74, 6) is 0.804. The van der Waals surface area contributed by atoms with E-state index in [9.17, 15) is 5.11 Å². The van der Waals surface area contributed by atoms with Gasteiger partial charge < -0.3 is 20.1 Å². The molecule has 0 aliphatic rings. The fraction of sp³-hybridized carbons (Fsp3) is 0.571. The van der Waals surface area contributed by atoms with Crippen molar-refractivity contribution in [3.8, 4) is 11.5 Å². The quantitative estimate of drug-likeness (QED) is 0.693. The number of rotatable bonds is 8. The number of phenols is 1. The maximum atomic E-state index is 10.00. The zero-order valence-corrected chi connectivity index (χ0v) is 11.6. The van der Waals surface area contributed by atoms with Crippen molar-refractivity contribution in [1.29, 1.82) is 0 Å². The molecule has 0 unspecified atom stereocenters. The minimum atomic E-state index is 0.246. The molecular weight excluding hydrogens is 228 g/mol. The van der Waals surface area contributed by atoms with Crippen molar-refractivity contribution in [2.24, 2.45) is 0 Å². The van der Waals surface area contributed by atoms with Crippen LogP contribution in [-0.4, -0.2) is 43.3 Å². The molecule has 4 nitrogen and oxygen atoms in total. The number of hydrogen-bond acceptors (Lipinski definition) is 4. The van der Waals surface area contributed by atoms with Crippen molar-refractivity contribution in [3.05, 3.63) is 23.8 Å². The molecule has 1 rings (SSSR count). The fourth-order valence-electron chi connectivity index (χ4n) is 1.63. The zero-order valence-electron chi connectivity index (χ0n) is 11.6. The minimum absolute atomic E-state index is 0.246. The van der Waals surface area contributed by atoms with Crippen LogP contribution in [0.15, 0.2) is 18.2 Å². The molecule has 1 aromatic rings. The third kappa shape index (κ3) is 4.55. The van der Waals surface area contributed by atoms with Gasteiger partial charge in [0.2, 0.25) is 0 Å². The monoisotopic (exact) mass is 252 g/mol. The third-order valence-corrected chi connectivity index (χ3v) is 2.91. The van der Waals surface area contributed by atoms with Gasteiger partial charge in [0.1, 0.15) is 0 Å². The first-order valence-corrected chi connectivity index (χ1v) is 6.51. The lowest BCUT2D eigenvalue weighted by atomic mass is 10.2. The van der Waals surface area contributed by atoms with E-state index in [-0.39, 0.29) is 5.75 Å². The van der Waals surface area contributed by atoms with Crippen LogP contribution >= 0.6 is 0 Å². The molecule has 0 aromatic heterocycles. The molecule has 0 spiro atoms. The Kier molecular flexibility index (Phi) is 6.54. The van der Waals surface area contributed by atoms with E-state index >= 15 is 0 Å². The molecule has 4 heteroatoms. The van der Waals surface area contributed by atoms with E-state index in [1.807, 2.05) is 19.1 Å². The number of phenolic OH excluding ortho intramolecular Hbond substituents is 1. The summed E-state index contributed by atoms with van der Waals surface area (Å²) in [6, 6.07) is 5.60. The molecule has 0 bridgehead atoms. The van der Waals surface area contributed by atoms with Gasteiger partial charge in [-0.2, -0.15) is 0 Å². The van der Waals surface area contributed by atoms with E-state index in [2.05, 4.69) is 24.2 Å². The Bertz CT molecular complexity index is 356. The number of hydrogen-bond donors (Lipinski definition) is 2. The van der Waals surface area contributed by atoms with Gasteiger partial charge in [-0.05, 0) is 26.6 Å². The Labute approximate surface area is 110 Å². The lowest BCUT2D eigenvalue weighted by Crippen LogP contribution is -2.28. The maximum Gasteiger partial charge on any atom is 0.162 e. The zero-order chi connectivity index (χ0) is 13.4. The van der Waals surface area contributed by atoms with Gasteiger partial charge in [-0.3, -0.25) is 0 Å². The highest BCUT2D eigenvalue weighted by Crippen LogP contribution is 2.29. The number of para-hydroxylation sites is 1. The van der Waals surface area contributed by atoms with Crippen molar-refractivity contribution in [3.63, 3.8) is 0 Å². The fourth-order valence-corrected chi connectivity index (χ4v) is 1.63. The van der Waals surface area contributed by atoms with E-state index in [0.29, 0.717) is 18.9 Å². The SMILES string of the molecule is CCOc1cccc(CNCCN(C)CC)c1O. The van der Waals surface area contributed by atoms with Crippen LogP contribution in [0.2, 0.25) is 0 Å². The summed E-state index contributed by atoms with van der Waals surface area (Å²) in [7, 11) is 2.09. The minimum Gasteiger partial charge on any atom is -0.504 e. The summed E-state index contributed by atoms with van der Waals surface area (Å²) < 4.78 is 5.35. The summed E-state index contributed by atoms with van der Waals surface area (Å²) in [5.41, 5.74) is 0.875. The summed E-state index contributed by atoms with van der Waals surface area (Å²) in [6.45, 7) is 8.22. The highest BCUT2D eigenvalue weighted by Gasteiger charge is 2.07. The first-order valence-electron chi connectivity index (χ1n) is 6.51. The first-order chi connectivity index (χ1) is 8.69. The molecule has 0 fully saturated rings.